The third-order valence-corrected chi connectivity index (χ3v) is 6.60. The molecule has 0 spiro atoms. The molecule has 0 aromatic heterocycles. The number of carbonyl (C=O) groups is 3. The lowest BCUT2D eigenvalue weighted by atomic mass is 10.0. The van der Waals surface area contributed by atoms with Gasteiger partial charge >= 0.3 is 0 Å². The third-order valence-electron chi connectivity index (χ3n) is 6.60. The minimum atomic E-state index is -0.445. The molecule has 0 unspecified atom stereocenters. The molecule has 0 saturated carbocycles. The predicted octanol–water partition coefficient (Wildman–Crippen LogP) is 4.19. The summed E-state index contributed by atoms with van der Waals surface area (Å²) in [6, 6.07) is 20.9. The molecule has 35 heavy (non-hydrogen) atoms. The van der Waals surface area contributed by atoms with Gasteiger partial charge in [-0.05, 0) is 60.4 Å². The molecule has 0 aliphatic carbocycles. The van der Waals surface area contributed by atoms with Crippen LogP contribution in [-0.2, 0) is 4.79 Å². The van der Waals surface area contributed by atoms with Crippen molar-refractivity contribution < 1.29 is 14.4 Å². The Bertz CT molecular complexity index is 1330. The number of nitrogens with zero attached hydrogens (tertiary/aromatic N) is 2. The van der Waals surface area contributed by atoms with Gasteiger partial charge in [0, 0.05) is 12.1 Å². The molecule has 1 fully saturated rings. The fraction of sp³-hybridized carbons (Fsp3) is 0.179. The van der Waals surface area contributed by atoms with Gasteiger partial charge in [0.15, 0.2) is 0 Å². The Morgan fingerprint density at radius 2 is 1.66 bits per heavy atom. The average Bonchev–Trinajstić information content (AvgIpc) is 3.35. The number of benzene rings is 3. The van der Waals surface area contributed by atoms with E-state index in [4.69, 9.17) is 5.73 Å². The first-order valence-corrected chi connectivity index (χ1v) is 11.6. The second-order valence-corrected chi connectivity index (χ2v) is 8.82. The molecule has 2 heterocycles. The second kappa shape index (κ2) is 9.10. The van der Waals surface area contributed by atoms with Crippen molar-refractivity contribution in [3.8, 4) is 0 Å². The van der Waals surface area contributed by atoms with E-state index in [2.05, 4.69) is 11.9 Å². The number of hydrogen-bond donors (Lipinski definition) is 2. The molecule has 2 aliphatic rings. The summed E-state index contributed by atoms with van der Waals surface area (Å²) in [5.41, 5.74) is 10.1. The van der Waals surface area contributed by atoms with Gasteiger partial charge in [-0.2, -0.15) is 0 Å². The van der Waals surface area contributed by atoms with Crippen LogP contribution in [0.15, 0.2) is 79.4 Å². The van der Waals surface area contributed by atoms with Crippen molar-refractivity contribution in [2.75, 3.05) is 29.0 Å². The summed E-state index contributed by atoms with van der Waals surface area (Å²) in [5, 5.41) is 2.81. The molecule has 3 amide bonds. The lowest BCUT2D eigenvalue weighted by Gasteiger charge is -2.26. The summed E-state index contributed by atoms with van der Waals surface area (Å²) < 4.78 is 0. The molecule has 5 rings (SSSR count). The van der Waals surface area contributed by atoms with Crippen LogP contribution in [0.3, 0.4) is 0 Å². The number of amides is 3. The molecular weight excluding hydrogens is 440 g/mol. The van der Waals surface area contributed by atoms with Gasteiger partial charge in [0.05, 0.1) is 29.2 Å². The van der Waals surface area contributed by atoms with Crippen molar-refractivity contribution in [1.29, 1.82) is 0 Å². The molecule has 3 aromatic rings. The zero-order chi connectivity index (χ0) is 24.5. The first kappa shape index (κ1) is 22.4. The van der Waals surface area contributed by atoms with Crippen molar-refractivity contribution in [3.63, 3.8) is 0 Å². The molecule has 3 N–H and O–H groups in total. The molecule has 176 valence electrons. The molecule has 2 aliphatic heterocycles. The maximum absolute atomic E-state index is 13.5. The van der Waals surface area contributed by atoms with Crippen molar-refractivity contribution in [2.45, 2.75) is 18.9 Å². The van der Waals surface area contributed by atoms with Gasteiger partial charge in [0.2, 0.25) is 5.91 Å². The Balaban J connectivity index is 1.36. The minimum Gasteiger partial charge on any atom is -0.397 e. The van der Waals surface area contributed by atoms with E-state index in [1.54, 1.807) is 52.3 Å². The first-order valence-electron chi connectivity index (χ1n) is 11.6. The van der Waals surface area contributed by atoms with Crippen LogP contribution in [0.1, 0.15) is 39.1 Å². The van der Waals surface area contributed by atoms with E-state index in [0.29, 0.717) is 46.7 Å². The maximum atomic E-state index is 13.5. The Kier molecular flexibility index (Phi) is 5.82. The summed E-state index contributed by atoms with van der Waals surface area (Å²) in [6.45, 7) is 5.05. The van der Waals surface area contributed by atoms with Gasteiger partial charge < -0.3 is 20.9 Å². The van der Waals surface area contributed by atoms with Crippen LogP contribution in [-0.4, -0.2) is 41.8 Å². The molecule has 3 aromatic carbocycles. The number of nitrogens with one attached hydrogen (secondary N) is 1. The molecule has 0 radical (unpaired) electrons. The van der Waals surface area contributed by atoms with Gasteiger partial charge in [-0.1, -0.05) is 43.0 Å². The highest BCUT2D eigenvalue weighted by Gasteiger charge is 2.41. The van der Waals surface area contributed by atoms with Gasteiger partial charge in [0.1, 0.15) is 6.04 Å². The number of hydrogen-bond acceptors (Lipinski definition) is 4. The molecule has 1 atom stereocenters. The van der Waals surface area contributed by atoms with E-state index in [9.17, 15) is 14.4 Å². The summed E-state index contributed by atoms with van der Waals surface area (Å²) in [5.74, 6) is -0.450. The Morgan fingerprint density at radius 3 is 2.43 bits per heavy atom. The van der Waals surface area contributed by atoms with Crippen LogP contribution in [0.25, 0.3) is 5.57 Å². The highest BCUT2D eigenvalue weighted by molar-refractivity contribution is 6.12. The predicted molar refractivity (Wildman–Crippen MR) is 137 cm³/mol. The first-order chi connectivity index (χ1) is 16.9. The molecule has 7 heteroatoms. The van der Waals surface area contributed by atoms with Gasteiger partial charge in [-0.15, -0.1) is 0 Å². The lowest BCUT2D eigenvalue weighted by Crippen LogP contribution is -2.45. The fourth-order valence-corrected chi connectivity index (χ4v) is 4.72. The largest absolute Gasteiger partial charge is 0.397 e. The van der Waals surface area contributed by atoms with Crippen LogP contribution in [0.5, 0.6) is 0 Å². The fourth-order valence-electron chi connectivity index (χ4n) is 4.72. The van der Waals surface area contributed by atoms with Crippen LogP contribution >= 0.6 is 0 Å². The van der Waals surface area contributed by atoms with E-state index in [1.165, 1.54) is 0 Å². The van der Waals surface area contributed by atoms with Crippen molar-refractivity contribution in [3.05, 3.63) is 96.1 Å². The topological polar surface area (TPSA) is 95.7 Å². The van der Waals surface area contributed by atoms with Crippen LogP contribution in [0.4, 0.5) is 17.1 Å². The zero-order valence-electron chi connectivity index (χ0n) is 19.2. The number of rotatable bonds is 5. The van der Waals surface area contributed by atoms with E-state index in [0.717, 1.165) is 12.0 Å². The summed E-state index contributed by atoms with van der Waals surface area (Å²) in [6.07, 6.45) is 1.48. The third kappa shape index (κ3) is 4.17. The Labute approximate surface area is 203 Å². The van der Waals surface area contributed by atoms with Crippen LogP contribution in [0.2, 0.25) is 0 Å². The van der Waals surface area contributed by atoms with E-state index < -0.39 is 6.04 Å². The average molecular weight is 467 g/mol. The normalized spacial score (nSPS) is 17.0. The monoisotopic (exact) mass is 466 g/mol. The number of para-hydroxylation sites is 3. The Morgan fingerprint density at radius 1 is 0.971 bits per heavy atom. The lowest BCUT2D eigenvalue weighted by molar-refractivity contribution is -0.121. The Hall–Kier alpha value is -4.39. The SMILES string of the molecule is C=C(CN1C(=O)[C@@H]2CCCN2C(=O)c2ccccc21)c1ccc(C(=O)Nc2ccccc2N)cc1. The van der Waals surface area contributed by atoms with Crippen molar-refractivity contribution in [2.24, 2.45) is 0 Å². The quantitative estimate of drug-likeness (QED) is 0.551. The molecule has 0 bridgehead atoms. The number of carbonyl (C=O) groups excluding carboxylic acids is 3. The highest BCUT2D eigenvalue weighted by Crippen LogP contribution is 2.33. The van der Waals surface area contributed by atoms with Crippen LogP contribution in [0, 0.1) is 0 Å². The minimum absolute atomic E-state index is 0.0848. The van der Waals surface area contributed by atoms with Crippen LogP contribution < -0.4 is 16.0 Å². The van der Waals surface area contributed by atoms with E-state index >= 15 is 0 Å². The van der Waals surface area contributed by atoms with Gasteiger partial charge in [-0.3, -0.25) is 14.4 Å². The highest BCUT2D eigenvalue weighted by atomic mass is 16.2. The summed E-state index contributed by atoms with van der Waals surface area (Å²) in [4.78, 5) is 42.6. The number of anilines is 3. The summed E-state index contributed by atoms with van der Waals surface area (Å²) in [7, 11) is 0. The van der Waals surface area contributed by atoms with Gasteiger partial charge in [-0.25, -0.2) is 0 Å². The number of nitrogens with two attached hydrogens (primary N) is 1. The number of nitrogen functional groups attached to an aromatic ring is 1. The van der Waals surface area contributed by atoms with Crippen molar-refractivity contribution >= 4 is 40.4 Å². The van der Waals surface area contributed by atoms with E-state index in [-0.39, 0.29) is 24.3 Å². The zero-order valence-corrected chi connectivity index (χ0v) is 19.2. The van der Waals surface area contributed by atoms with E-state index in [1.807, 2.05) is 30.3 Å². The molecule has 1 saturated heterocycles. The second-order valence-electron chi connectivity index (χ2n) is 8.82. The van der Waals surface area contributed by atoms with Crippen molar-refractivity contribution in [1.82, 2.24) is 4.90 Å². The van der Waals surface area contributed by atoms with Gasteiger partial charge in [0.25, 0.3) is 11.8 Å². The number of fused-ring (bicyclic) bond motifs is 2. The standard InChI is InChI=1S/C28H26N4O3/c1-18(19-12-14-20(15-13-19)26(33)30-23-9-4-3-8-22(23)29)17-32-24-10-5-2-7-21(24)27(34)31-16-6-11-25(31)28(32)35/h2-5,7-10,12-15,25H,1,6,11,16-17,29H2,(H,30,33)/t25-/m0/s1. The maximum Gasteiger partial charge on any atom is 0.256 e. The smallest absolute Gasteiger partial charge is 0.256 e. The molecule has 7 nitrogen and oxygen atoms in total. The molecular formula is C28H26N4O3. The summed E-state index contributed by atoms with van der Waals surface area (Å²) >= 11 is 0.